The number of aromatic nitrogens is 1. The van der Waals surface area contributed by atoms with E-state index >= 15 is 0 Å². The van der Waals surface area contributed by atoms with Crippen molar-refractivity contribution in [1.29, 1.82) is 0 Å². The van der Waals surface area contributed by atoms with Crippen molar-refractivity contribution >= 4 is 22.7 Å². The topological polar surface area (TPSA) is 113 Å². The van der Waals surface area contributed by atoms with Crippen molar-refractivity contribution in [3.05, 3.63) is 71.4 Å². The van der Waals surface area contributed by atoms with Gasteiger partial charge in [-0.3, -0.25) is 19.8 Å². The Kier molecular flexibility index (Phi) is 7.33. The van der Waals surface area contributed by atoms with Crippen molar-refractivity contribution < 1.29 is 19.5 Å². The number of amides is 2. The van der Waals surface area contributed by atoms with E-state index in [-0.39, 0.29) is 24.2 Å². The molecule has 0 saturated carbocycles. The smallest absolute Gasteiger partial charge is 0.251 e. The number of hydrogen-bond donors (Lipinski definition) is 4. The molecule has 2 aromatic carbocycles. The summed E-state index contributed by atoms with van der Waals surface area (Å²) in [5.41, 5.74) is 4.61. The molecule has 1 aliphatic rings. The fraction of sp³-hybridized carbons (Fsp3) is 0.370. The summed E-state index contributed by atoms with van der Waals surface area (Å²) in [6.07, 6.45) is 0.131. The average molecular weight is 477 g/mol. The Morgan fingerprint density at radius 3 is 2.49 bits per heavy atom. The number of nitrogens with one attached hydrogen (secondary N) is 3. The quantitative estimate of drug-likeness (QED) is 0.278. The summed E-state index contributed by atoms with van der Waals surface area (Å²) < 4.78 is 6.01. The molecule has 1 unspecified atom stereocenters. The zero-order chi connectivity index (χ0) is 25.0. The Morgan fingerprint density at radius 1 is 1.14 bits per heavy atom. The summed E-state index contributed by atoms with van der Waals surface area (Å²) >= 11 is 0. The van der Waals surface area contributed by atoms with E-state index in [1.807, 2.05) is 51.1 Å². The number of hydroxylamine groups is 1. The average Bonchev–Trinajstić information content (AvgIpc) is 2.83. The van der Waals surface area contributed by atoms with Crippen molar-refractivity contribution in [2.24, 2.45) is 11.8 Å². The second-order valence-corrected chi connectivity index (χ2v) is 9.56. The Labute approximate surface area is 205 Å². The van der Waals surface area contributed by atoms with E-state index in [2.05, 4.69) is 15.6 Å². The molecular weight excluding hydrogens is 444 g/mol. The number of rotatable bonds is 9. The summed E-state index contributed by atoms with van der Waals surface area (Å²) in [6.45, 7) is 7.53. The SMILES string of the molecule is Cc1cc(COc2ccc(C(=O)NC3(C(CC(=O)NO)C(C)C)CNC3)cc2)c2ccccc2n1. The third kappa shape index (κ3) is 5.44. The molecule has 0 bridgehead atoms. The minimum atomic E-state index is -0.548. The summed E-state index contributed by atoms with van der Waals surface area (Å²) in [5, 5.41) is 16.4. The van der Waals surface area contributed by atoms with Crippen LogP contribution in [0.1, 0.15) is 41.9 Å². The third-order valence-electron chi connectivity index (χ3n) is 6.73. The van der Waals surface area contributed by atoms with Gasteiger partial charge in [0.05, 0.1) is 11.1 Å². The number of hydrogen-bond acceptors (Lipinski definition) is 6. The van der Waals surface area contributed by atoms with Crippen LogP contribution in [0.25, 0.3) is 10.9 Å². The van der Waals surface area contributed by atoms with E-state index in [0.717, 1.165) is 22.2 Å². The molecule has 35 heavy (non-hydrogen) atoms. The second kappa shape index (κ2) is 10.4. The first kappa shape index (κ1) is 24.6. The van der Waals surface area contributed by atoms with Gasteiger partial charge in [0.25, 0.3) is 5.91 Å². The maximum atomic E-state index is 13.1. The fourth-order valence-electron chi connectivity index (χ4n) is 4.83. The van der Waals surface area contributed by atoms with Crippen LogP contribution in [-0.2, 0) is 11.4 Å². The number of aryl methyl sites for hydroxylation is 1. The monoisotopic (exact) mass is 476 g/mol. The van der Waals surface area contributed by atoms with Gasteiger partial charge in [-0.1, -0.05) is 32.0 Å². The highest BCUT2D eigenvalue weighted by molar-refractivity contribution is 5.95. The molecule has 1 aliphatic heterocycles. The zero-order valence-electron chi connectivity index (χ0n) is 20.3. The number of fused-ring (bicyclic) bond motifs is 1. The highest BCUT2D eigenvalue weighted by atomic mass is 16.5. The van der Waals surface area contributed by atoms with Crippen LogP contribution >= 0.6 is 0 Å². The molecular formula is C27H32N4O4. The lowest BCUT2D eigenvalue weighted by molar-refractivity contribution is -0.131. The molecule has 184 valence electrons. The predicted octanol–water partition coefficient (Wildman–Crippen LogP) is 3.36. The lowest BCUT2D eigenvalue weighted by Gasteiger charge is -2.50. The fourth-order valence-corrected chi connectivity index (χ4v) is 4.83. The van der Waals surface area contributed by atoms with E-state index in [0.29, 0.717) is 31.0 Å². The molecule has 4 rings (SSSR count). The molecule has 3 aromatic rings. The Morgan fingerprint density at radius 2 is 1.86 bits per heavy atom. The van der Waals surface area contributed by atoms with Crippen LogP contribution in [0, 0.1) is 18.8 Å². The summed E-state index contributed by atoms with van der Waals surface area (Å²) in [7, 11) is 0. The summed E-state index contributed by atoms with van der Waals surface area (Å²) in [4.78, 5) is 29.5. The number of carbonyl (C=O) groups is 2. The van der Waals surface area contributed by atoms with Gasteiger partial charge in [-0.05, 0) is 55.2 Å². The van der Waals surface area contributed by atoms with Crippen LogP contribution in [0.15, 0.2) is 54.6 Å². The minimum absolute atomic E-state index is 0.124. The molecule has 8 nitrogen and oxygen atoms in total. The number of para-hydroxylation sites is 1. The molecule has 1 atom stereocenters. The van der Waals surface area contributed by atoms with Crippen molar-refractivity contribution in [2.45, 2.75) is 39.3 Å². The molecule has 8 heteroatoms. The van der Waals surface area contributed by atoms with Crippen LogP contribution in [0.5, 0.6) is 5.75 Å². The lowest BCUT2D eigenvalue weighted by atomic mass is 9.71. The molecule has 2 amide bonds. The van der Waals surface area contributed by atoms with Crippen molar-refractivity contribution in [2.75, 3.05) is 13.1 Å². The van der Waals surface area contributed by atoms with Crippen molar-refractivity contribution in [3.8, 4) is 5.75 Å². The number of carbonyl (C=O) groups excluding carboxylic acids is 2. The van der Waals surface area contributed by atoms with Gasteiger partial charge in [0.1, 0.15) is 12.4 Å². The highest BCUT2D eigenvalue weighted by Gasteiger charge is 2.47. The minimum Gasteiger partial charge on any atom is -0.489 e. The van der Waals surface area contributed by atoms with Gasteiger partial charge in [-0.15, -0.1) is 0 Å². The van der Waals surface area contributed by atoms with Gasteiger partial charge in [-0.25, -0.2) is 5.48 Å². The normalized spacial score (nSPS) is 15.3. The van der Waals surface area contributed by atoms with E-state index in [1.165, 1.54) is 0 Å². The molecule has 1 aromatic heterocycles. The summed E-state index contributed by atoms with van der Waals surface area (Å²) in [5.74, 6) is 0.0195. The van der Waals surface area contributed by atoms with Gasteiger partial charge in [0.2, 0.25) is 5.91 Å². The maximum Gasteiger partial charge on any atom is 0.251 e. The predicted molar refractivity (Wildman–Crippen MR) is 133 cm³/mol. The Balaban J connectivity index is 1.43. The van der Waals surface area contributed by atoms with Crippen LogP contribution in [0.4, 0.5) is 0 Å². The maximum absolute atomic E-state index is 13.1. The van der Waals surface area contributed by atoms with Gasteiger partial charge in [0, 0.05) is 41.7 Å². The van der Waals surface area contributed by atoms with E-state index in [9.17, 15) is 9.59 Å². The summed E-state index contributed by atoms with van der Waals surface area (Å²) in [6, 6.07) is 17.1. The van der Waals surface area contributed by atoms with Crippen LogP contribution < -0.4 is 20.9 Å². The highest BCUT2D eigenvalue weighted by Crippen LogP contribution is 2.32. The Bertz CT molecular complexity index is 1210. The largest absolute Gasteiger partial charge is 0.489 e. The first-order valence-electron chi connectivity index (χ1n) is 11.9. The second-order valence-electron chi connectivity index (χ2n) is 9.56. The molecule has 1 saturated heterocycles. The first-order chi connectivity index (χ1) is 16.8. The van der Waals surface area contributed by atoms with E-state index in [4.69, 9.17) is 9.94 Å². The van der Waals surface area contributed by atoms with Crippen LogP contribution in [-0.4, -0.2) is 40.6 Å². The lowest BCUT2D eigenvalue weighted by Crippen LogP contribution is -2.73. The molecule has 4 N–H and O–H groups in total. The molecule has 0 aliphatic carbocycles. The number of pyridine rings is 1. The van der Waals surface area contributed by atoms with E-state index in [1.54, 1.807) is 29.7 Å². The van der Waals surface area contributed by atoms with Crippen molar-refractivity contribution in [3.63, 3.8) is 0 Å². The molecule has 0 spiro atoms. The van der Waals surface area contributed by atoms with Gasteiger partial charge in [-0.2, -0.15) is 0 Å². The zero-order valence-corrected chi connectivity index (χ0v) is 20.3. The van der Waals surface area contributed by atoms with Gasteiger partial charge >= 0.3 is 0 Å². The number of nitrogens with zero attached hydrogens (tertiary/aromatic N) is 1. The van der Waals surface area contributed by atoms with Gasteiger partial charge < -0.3 is 15.4 Å². The van der Waals surface area contributed by atoms with Crippen molar-refractivity contribution in [1.82, 2.24) is 21.1 Å². The van der Waals surface area contributed by atoms with Gasteiger partial charge in [0.15, 0.2) is 0 Å². The third-order valence-corrected chi connectivity index (χ3v) is 6.73. The standard InChI is InChI=1S/C27H32N4O4/c1-17(2)23(13-25(32)31-34)27(15-28-16-27)30-26(33)19-8-10-21(11-9-19)35-14-20-12-18(3)29-24-7-5-4-6-22(20)24/h4-12,17,23,28,34H,13-16H2,1-3H3,(H,30,33)(H,31,32). The molecule has 1 fully saturated rings. The number of benzene rings is 2. The first-order valence-corrected chi connectivity index (χ1v) is 11.9. The molecule has 0 radical (unpaired) electrons. The Hall–Kier alpha value is -3.49. The van der Waals surface area contributed by atoms with Crippen LogP contribution in [0.3, 0.4) is 0 Å². The van der Waals surface area contributed by atoms with E-state index < -0.39 is 11.4 Å². The number of ether oxygens (including phenoxy) is 1. The molecule has 2 heterocycles. The van der Waals surface area contributed by atoms with Crippen LogP contribution in [0.2, 0.25) is 0 Å².